The Hall–Kier alpha value is -1.26. The SMILES string of the molecule is O=B/C=N\c1ccc(B(O)O)cc1. The Bertz CT molecular complexity index is 310. The summed E-state index contributed by atoms with van der Waals surface area (Å²) in [7, 11) is -0.890. The number of aliphatic imine (C=N–C) groups is 1. The van der Waals surface area contributed by atoms with Crippen LogP contribution in [-0.4, -0.2) is 30.4 Å². The fraction of sp³-hybridized carbons (Fsp3) is 0. The van der Waals surface area contributed by atoms with Crippen molar-refractivity contribution in [3.05, 3.63) is 24.3 Å². The van der Waals surface area contributed by atoms with Crippen molar-refractivity contribution in [2.45, 2.75) is 0 Å². The number of benzene rings is 1. The molecule has 0 saturated heterocycles. The van der Waals surface area contributed by atoms with E-state index >= 15 is 0 Å². The third-order valence-electron chi connectivity index (χ3n) is 1.48. The molecule has 1 aromatic carbocycles. The molecule has 0 aliphatic heterocycles. The summed E-state index contributed by atoms with van der Waals surface area (Å²) < 4.78 is 9.92. The van der Waals surface area contributed by atoms with E-state index in [-0.39, 0.29) is 0 Å². The number of nitrogens with zero attached hydrogens (tertiary/aromatic N) is 1. The average molecular weight is 175 g/mol. The van der Waals surface area contributed by atoms with Crippen LogP contribution in [0.3, 0.4) is 0 Å². The Labute approximate surface area is 76.3 Å². The zero-order valence-electron chi connectivity index (χ0n) is 6.79. The van der Waals surface area contributed by atoms with Crippen LogP contribution in [0.1, 0.15) is 0 Å². The molecule has 0 amide bonds. The van der Waals surface area contributed by atoms with Gasteiger partial charge in [-0.25, -0.2) is 0 Å². The van der Waals surface area contributed by atoms with Gasteiger partial charge in [-0.3, -0.25) is 0 Å². The summed E-state index contributed by atoms with van der Waals surface area (Å²) in [5.74, 6) is 0. The summed E-state index contributed by atoms with van der Waals surface area (Å²) in [4.78, 5) is 3.77. The molecule has 1 rings (SSSR count). The molecule has 0 fully saturated rings. The summed E-state index contributed by atoms with van der Waals surface area (Å²) in [5.41, 5.74) is 0.988. The van der Waals surface area contributed by atoms with E-state index in [0.29, 0.717) is 18.3 Å². The first kappa shape index (κ1) is 9.83. The Morgan fingerprint density at radius 2 is 1.92 bits per heavy atom. The summed E-state index contributed by atoms with van der Waals surface area (Å²) in [6, 6.07) is 6.24. The summed E-state index contributed by atoms with van der Waals surface area (Å²) >= 11 is 0. The molecule has 1 aromatic rings. The maximum atomic E-state index is 9.92. The van der Waals surface area contributed by atoms with Gasteiger partial charge >= 0.3 is 75.5 Å². The molecule has 0 aliphatic rings. The van der Waals surface area contributed by atoms with Crippen LogP contribution >= 0.6 is 0 Å². The molecule has 0 unspecified atom stereocenters. The average Bonchev–Trinajstić information content (AvgIpc) is 2.15. The van der Waals surface area contributed by atoms with Crippen molar-refractivity contribution in [1.82, 2.24) is 0 Å². The predicted octanol–water partition coefficient (Wildman–Crippen LogP) is -0.924. The summed E-state index contributed by atoms with van der Waals surface area (Å²) in [6.07, 6.45) is 1.13. The van der Waals surface area contributed by atoms with E-state index < -0.39 is 7.12 Å². The standard InChI is InChI=1S/C7H7B2NO3/c11-8-5-10-7-3-1-6(2-4-7)9(12)13/h1-5,12-13H/b10-5-. The van der Waals surface area contributed by atoms with Crippen molar-refractivity contribution in [3.63, 3.8) is 0 Å². The van der Waals surface area contributed by atoms with E-state index in [4.69, 9.17) is 10.0 Å². The van der Waals surface area contributed by atoms with Crippen LogP contribution < -0.4 is 5.46 Å². The van der Waals surface area contributed by atoms with Gasteiger partial charge < -0.3 is 0 Å². The second kappa shape index (κ2) is 4.69. The monoisotopic (exact) mass is 175 g/mol. The Kier molecular flexibility index (Phi) is 3.54. The Morgan fingerprint density at radius 3 is 2.38 bits per heavy atom. The minimum atomic E-state index is -1.47. The molecule has 0 atom stereocenters. The number of hydrogen-bond donors (Lipinski definition) is 2. The molecule has 0 saturated carbocycles. The predicted molar refractivity (Wildman–Crippen MR) is 50.9 cm³/mol. The van der Waals surface area contributed by atoms with E-state index in [1.54, 1.807) is 12.1 Å². The molecule has 0 radical (unpaired) electrons. The van der Waals surface area contributed by atoms with Crippen molar-refractivity contribution in [3.8, 4) is 0 Å². The fourth-order valence-electron chi connectivity index (χ4n) is 0.849. The second-order valence-corrected chi connectivity index (χ2v) is 2.38. The van der Waals surface area contributed by atoms with Crippen molar-refractivity contribution in [2.24, 2.45) is 4.99 Å². The Morgan fingerprint density at radius 1 is 1.31 bits per heavy atom. The molecule has 0 aliphatic carbocycles. The first-order chi connectivity index (χ1) is 6.24. The van der Waals surface area contributed by atoms with Crippen molar-refractivity contribution < 1.29 is 14.8 Å². The van der Waals surface area contributed by atoms with Crippen LogP contribution in [0.15, 0.2) is 29.3 Å². The molecule has 0 spiro atoms. The van der Waals surface area contributed by atoms with Crippen LogP contribution in [0.25, 0.3) is 0 Å². The quantitative estimate of drug-likeness (QED) is 0.460. The Balaban J connectivity index is 2.81. The van der Waals surface area contributed by atoms with Gasteiger partial charge in [0.2, 0.25) is 0 Å². The van der Waals surface area contributed by atoms with Crippen LogP contribution in [0.2, 0.25) is 0 Å². The molecule has 2 N–H and O–H groups in total. The molecular formula is C7H7B2NO3. The van der Waals surface area contributed by atoms with E-state index in [1.807, 2.05) is 0 Å². The maximum absolute atomic E-state index is 9.92. The third kappa shape index (κ3) is 2.93. The number of rotatable bonds is 3. The zero-order valence-corrected chi connectivity index (χ0v) is 6.79. The molecule has 0 aromatic heterocycles. The molecule has 0 bridgehead atoms. The van der Waals surface area contributed by atoms with E-state index in [9.17, 15) is 4.70 Å². The topological polar surface area (TPSA) is 69.9 Å². The van der Waals surface area contributed by atoms with Gasteiger partial charge in [0.1, 0.15) is 0 Å². The molecular weight excluding hydrogens is 168 g/mol. The number of hydrogen-bond acceptors (Lipinski definition) is 4. The van der Waals surface area contributed by atoms with Crippen LogP contribution in [0.5, 0.6) is 0 Å². The van der Waals surface area contributed by atoms with Gasteiger partial charge in [-0.15, -0.1) is 0 Å². The molecule has 6 heteroatoms. The van der Waals surface area contributed by atoms with Gasteiger partial charge in [-0.2, -0.15) is 0 Å². The van der Waals surface area contributed by atoms with Gasteiger partial charge in [0.05, 0.1) is 0 Å². The summed E-state index contributed by atoms with van der Waals surface area (Å²) in [5, 5.41) is 17.5. The second-order valence-electron chi connectivity index (χ2n) is 2.38. The van der Waals surface area contributed by atoms with Gasteiger partial charge in [-0.1, -0.05) is 0 Å². The first-order valence-corrected chi connectivity index (χ1v) is 3.68. The van der Waals surface area contributed by atoms with Crippen LogP contribution in [-0.2, 0) is 4.70 Å². The van der Waals surface area contributed by atoms with Crippen molar-refractivity contribution in [1.29, 1.82) is 0 Å². The van der Waals surface area contributed by atoms with Gasteiger partial charge in [0, 0.05) is 0 Å². The summed E-state index contributed by atoms with van der Waals surface area (Å²) in [6.45, 7) is 0. The first-order valence-electron chi connectivity index (χ1n) is 3.68. The van der Waals surface area contributed by atoms with Gasteiger partial charge in [0.15, 0.2) is 0 Å². The van der Waals surface area contributed by atoms with Crippen LogP contribution in [0, 0.1) is 0 Å². The van der Waals surface area contributed by atoms with Crippen molar-refractivity contribution in [2.75, 3.05) is 0 Å². The molecule has 4 nitrogen and oxygen atoms in total. The normalized spacial score (nSPS) is 10.0. The van der Waals surface area contributed by atoms with Crippen LogP contribution in [0.4, 0.5) is 5.69 Å². The van der Waals surface area contributed by atoms with Crippen molar-refractivity contribution >= 4 is 31.5 Å². The molecule has 64 valence electrons. The van der Waals surface area contributed by atoms with Gasteiger partial charge in [0.25, 0.3) is 0 Å². The van der Waals surface area contributed by atoms with Gasteiger partial charge in [-0.05, 0) is 0 Å². The zero-order chi connectivity index (χ0) is 9.68. The fourth-order valence-corrected chi connectivity index (χ4v) is 0.849. The van der Waals surface area contributed by atoms with E-state index in [0.717, 1.165) is 6.11 Å². The van der Waals surface area contributed by atoms with E-state index in [2.05, 4.69) is 4.99 Å². The third-order valence-corrected chi connectivity index (χ3v) is 1.48. The molecule has 0 heterocycles. The van der Waals surface area contributed by atoms with E-state index in [1.165, 1.54) is 12.1 Å². The minimum absolute atomic E-state index is 0.394. The molecule has 13 heavy (non-hydrogen) atoms.